The van der Waals surface area contributed by atoms with E-state index in [2.05, 4.69) is 5.43 Å². The summed E-state index contributed by atoms with van der Waals surface area (Å²) >= 11 is 0. The third-order valence-corrected chi connectivity index (χ3v) is 1.93. The first-order valence-corrected chi connectivity index (χ1v) is 4.64. The molecule has 0 aromatic heterocycles. The van der Waals surface area contributed by atoms with Gasteiger partial charge in [0, 0.05) is 6.07 Å². The van der Waals surface area contributed by atoms with Crippen LogP contribution in [-0.4, -0.2) is 18.0 Å². The molecule has 0 bridgehead atoms. The van der Waals surface area contributed by atoms with Crippen molar-refractivity contribution in [2.75, 3.05) is 12.0 Å². The minimum atomic E-state index is -2.54. The summed E-state index contributed by atoms with van der Waals surface area (Å²) in [6.07, 6.45) is -2.54. The number of hydrogen-bond acceptors (Lipinski definition) is 5. The second kappa shape index (κ2) is 6.06. The Kier molecular flexibility index (Phi) is 4.73. The summed E-state index contributed by atoms with van der Waals surface area (Å²) < 4.78 is 28.3. The van der Waals surface area contributed by atoms with E-state index in [1.807, 2.05) is 0 Å². The zero-order valence-corrected chi connectivity index (χ0v) is 8.73. The van der Waals surface area contributed by atoms with Crippen molar-refractivity contribution in [1.29, 1.82) is 0 Å². The van der Waals surface area contributed by atoms with Gasteiger partial charge in [-0.15, -0.1) is 0 Å². The van der Waals surface area contributed by atoms with Crippen molar-refractivity contribution in [3.63, 3.8) is 0 Å². The maximum Gasteiger partial charge on any atom is 0.293 e. The smallest absolute Gasteiger partial charge is 0.293 e. The maximum atomic E-state index is 11.8. The van der Waals surface area contributed by atoms with E-state index in [0.717, 1.165) is 0 Å². The number of nitrogen functional groups attached to an aromatic ring is 1. The van der Waals surface area contributed by atoms with Gasteiger partial charge in [0.1, 0.15) is 12.3 Å². The first kappa shape index (κ1) is 13.3. The van der Waals surface area contributed by atoms with Gasteiger partial charge in [-0.05, 0) is 17.7 Å². The van der Waals surface area contributed by atoms with E-state index in [1.54, 1.807) is 0 Å². The predicted octanol–water partition coefficient (Wildman–Crippen LogP) is 1.66. The highest BCUT2D eigenvalue weighted by Gasteiger charge is 2.13. The number of nitro benzene ring substituents is 1. The van der Waals surface area contributed by atoms with Crippen LogP contribution >= 0.6 is 0 Å². The normalized spacial score (nSPS) is 10.6. The molecule has 0 aliphatic rings. The zero-order valence-electron chi connectivity index (χ0n) is 8.73. The zero-order chi connectivity index (χ0) is 12.8. The van der Waals surface area contributed by atoms with Crippen molar-refractivity contribution in [2.24, 2.45) is 5.84 Å². The Labute approximate surface area is 95.5 Å². The largest absolute Gasteiger partial charge is 0.371 e. The van der Waals surface area contributed by atoms with Crippen molar-refractivity contribution in [1.82, 2.24) is 0 Å². The summed E-state index contributed by atoms with van der Waals surface area (Å²) in [6, 6.07) is 4.03. The van der Waals surface area contributed by atoms with Crippen LogP contribution in [0.5, 0.6) is 0 Å². The van der Waals surface area contributed by atoms with Gasteiger partial charge in [-0.2, -0.15) is 0 Å². The van der Waals surface area contributed by atoms with E-state index in [1.165, 1.54) is 18.2 Å². The topological polar surface area (TPSA) is 90.4 Å². The number of nitrogens with zero attached hydrogens (tertiary/aromatic N) is 1. The second-order valence-electron chi connectivity index (χ2n) is 3.16. The van der Waals surface area contributed by atoms with E-state index < -0.39 is 18.0 Å². The van der Waals surface area contributed by atoms with E-state index in [4.69, 9.17) is 10.6 Å². The van der Waals surface area contributed by atoms with Crippen molar-refractivity contribution in [2.45, 2.75) is 13.0 Å². The number of rotatable bonds is 6. The number of ether oxygens (including phenoxy) is 1. The second-order valence-corrected chi connectivity index (χ2v) is 3.16. The fourth-order valence-corrected chi connectivity index (χ4v) is 1.21. The molecule has 0 radical (unpaired) electrons. The third kappa shape index (κ3) is 3.93. The van der Waals surface area contributed by atoms with Crippen LogP contribution < -0.4 is 11.3 Å². The average molecular weight is 247 g/mol. The van der Waals surface area contributed by atoms with Crippen molar-refractivity contribution < 1.29 is 18.4 Å². The molecule has 0 heterocycles. The molecule has 0 aliphatic carbocycles. The fraction of sp³-hybridized carbons (Fsp3) is 0.333. The first-order valence-electron chi connectivity index (χ1n) is 4.64. The number of nitrogens with two attached hydrogens (primary N) is 1. The minimum Gasteiger partial charge on any atom is -0.371 e. The quantitative estimate of drug-likeness (QED) is 0.453. The van der Waals surface area contributed by atoms with Crippen molar-refractivity contribution in [3.8, 4) is 0 Å². The van der Waals surface area contributed by atoms with E-state index in [9.17, 15) is 18.9 Å². The molecule has 17 heavy (non-hydrogen) atoms. The Morgan fingerprint density at radius 3 is 2.76 bits per heavy atom. The highest BCUT2D eigenvalue weighted by molar-refractivity contribution is 5.61. The van der Waals surface area contributed by atoms with Gasteiger partial charge >= 0.3 is 0 Å². The summed E-state index contributed by atoms with van der Waals surface area (Å²) in [5.74, 6) is 5.12. The molecule has 0 spiro atoms. The molecule has 0 saturated heterocycles. The predicted molar refractivity (Wildman–Crippen MR) is 56.6 cm³/mol. The summed E-state index contributed by atoms with van der Waals surface area (Å²) in [6.45, 7) is -0.737. The van der Waals surface area contributed by atoms with Gasteiger partial charge in [-0.1, -0.05) is 0 Å². The summed E-state index contributed by atoms with van der Waals surface area (Å²) in [4.78, 5) is 9.98. The molecule has 0 fully saturated rings. The number of nitro groups is 1. The van der Waals surface area contributed by atoms with Crippen molar-refractivity contribution >= 4 is 11.4 Å². The summed E-state index contributed by atoms with van der Waals surface area (Å²) in [5, 5.41) is 10.6. The molecule has 8 heteroatoms. The van der Waals surface area contributed by atoms with E-state index in [-0.39, 0.29) is 18.0 Å². The van der Waals surface area contributed by atoms with Gasteiger partial charge in [0.25, 0.3) is 12.1 Å². The van der Waals surface area contributed by atoms with E-state index >= 15 is 0 Å². The van der Waals surface area contributed by atoms with Crippen molar-refractivity contribution in [3.05, 3.63) is 33.9 Å². The summed E-state index contributed by atoms with van der Waals surface area (Å²) in [5.41, 5.74) is 2.60. The molecule has 6 nitrogen and oxygen atoms in total. The molecular weight excluding hydrogens is 236 g/mol. The number of halogens is 2. The number of nitrogens with one attached hydrogen (secondary N) is 1. The van der Waals surface area contributed by atoms with Crippen LogP contribution in [-0.2, 0) is 11.3 Å². The van der Waals surface area contributed by atoms with Gasteiger partial charge in [0.15, 0.2) is 0 Å². The van der Waals surface area contributed by atoms with Gasteiger partial charge in [0.2, 0.25) is 0 Å². The third-order valence-electron chi connectivity index (χ3n) is 1.93. The monoisotopic (exact) mass is 247 g/mol. The maximum absolute atomic E-state index is 11.8. The molecule has 0 unspecified atom stereocenters. The molecule has 94 valence electrons. The molecule has 0 amide bonds. The summed E-state index contributed by atoms with van der Waals surface area (Å²) in [7, 11) is 0. The minimum absolute atomic E-state index is 0.0585. The standard InChI is InChI=1S/C9H11F2N3O3/c10-9(11)5-17-4-6-1-2-8(14(15)16)7(3-6)13-12/h1-3,9,13H,4-5,12H2. The number of anilines is 1. The van der Waals surface area contributed by atoms with E-state index in [0.29, 0.717) is 5.56 Å². The van der Waals surface area contributed by atoms with Crippen LogP contribution in [0, 0.1) is 10.1 Å². The number of hydrazine groups is 1. The van der Waals surface area contributed by atoms with Crippen LogP contribution in [0.1, 0.15) is 5.56 Å². The first-order chi connectivity index (χ1) is 8.04. The van der Waals surface area contributed by atoms with Crippen LogP contribution in [0.25, 0.3) is 0 Å². The number of benzene rings is 1. The molecule has 3 N–H and O–H groups in total. The van der Waals surface area contributed by atoms with Crippen LogP contribution in [0.3, 0.4) is 0 Å². The molecule has 0 atom stereocenters. The lowest BCUT2D eigenvalue weighted by molar-refractivity contribution is -0.384. The number of alkyl halides is 2. The molecular formula is C9H11F2N3O3. The van der Waals surface area contributed by atoms with Gasteiger partial charge in [0.05, 0.1) is 11.5 Å². The Hall–Kier alpha value is -1.80. The van der Waals surface area contributed by atoms with Gasteiger partial charge < -0.3 is 10.2 Å². The van der Waals surface area contributed by atoms with Crippen LogP contribution in [0.15, 0.2) is 18.2 Å². The average Bonchev–Trinajstić information content (AvgIpc) is 2.28. The molecule has 1 rings (SSSR count). The Bertz CT molecular complexity index is 401. The fourth-order valence-electron chi connectivity index (χ4n) is 1.21. The lowest BCUT2D eigenvalue weighted by Crippen LogP contribution is -2.10. The van der Waals surface area contributed by atoms with Crippen LogP contribution in [0.4, 0.5) is 20.2 Å². The lowest BCUT2D eigenvalue weighted by Gasteiger charge is -2.06. The Morgan fingerprint density at radius 1 is 1.53 bits per heavy atom. The molecule has 1 aromatic rings. The Balaban J connectivity index is 2.72. The highest BCUT2D eigenvalue weighted by atomic mass is 19.3. The lowest BCUT2D eigenvalue weighted by atomic mass is 10.2. The molecule has 0 aliphatic heterocycles. The molecule has 1 aromatic carbocycles. The Morgan fingerprint density at radius 2 is 2.24 bits per heavy atom. The van der Waals surface area contributed by atoms with Gasteiger partial charge in [-0.3, -0.25) is 16.0 Å². The van der Waals surface area contributed by atoms with Crippen LogP contribution in [0.2, 0.25) is 0 Å². The number of hydrogen-bond donors (Lipinski definition) is 2. The highest BCUT2D eigenvalue weighted by Crippen LogP contribution is 2.24. The SMILES string of the molecule is NNc1cc(COCC(F)F)ccc1[N+](=O)[O-]. The van der Waals surface area contributed by atoms with Gasteiger partial charge in [-0.25, -0.2) is 8.78 Å². The molecule has 0 saturated carbocycles.